The number of nitrogens with one attached hydrogen (secondary N) is 1. The highest BCUT2D eigenvalue weighted by Crippen LogP contribution is 2.28. The molecular formula is C20H27ClN4O2S. The van der Waals surface area contributed by atoms with Gasteiger partial charge in [-0.15, -0.1) is 10.2 Å². The van der Waals surface area contributed by atoms with Crippen LogP contribution in [0.1, 0.15) is 57.0 Å². The first kappa shape index (κ1) is 21.0. The SMILES string of the molecule is CCn1c(SCC(=O)NC2CCCC2)nnc1C(C)Oc1ccc(Cl)cc1C. The number of thioether (sulfide) groups is 1. The van der Waals surface area contributed by atoms with E-state index in [4.69, 9.17) is 16.3 Å². The largest absolute Gasteiger partial charge is 0.482 e. The molecular weight excluding hydrogens is 396 g/mol. The van der Waals surface area contributed by atoms with E-state index in [1.807, 2.05) is 43.5 Å². The first-order valence-electron chi connectivity index (χ1n) is 9.76. The molecule has 0 radical (unpaired) electrons. The minimum Gasteiger partial charge on any atom is -0.482 e. The number of aromatic nitrogens is 3. The number of benzene rings is 1. The fourth-order valence-corrected chi connectivity index (χ4v) is 4.51. The summed E-state index contributed by atoms with van der Waals surface area (Å²) in [5.74, 6) is 1.92. The zero-order valence-electron chi connectivity index (χ0n) is 16.6. The quantitative estimate of drug-likeness (QED) is 0.632. The van der Waals surface area contributed by atoms with Crippen molar-refractivity contribution in [2.45, 2.75) is 70.3 Å². The molecule has 1 unspecified atom stereocenters. The van der Waals surface area contributed by atoms with Crippen molar-refractivity contribution in [2.75, 3.05) is 5.75 Å². The lowest BCUT2D eigenvalue weighted by Crippen LogP contribution is -2.33. The van der Waals surface area contributed by atoms with Gasteiger partial charge in [0.15, 0.2) is 17.1 Å². The molecule has 1 saturated carbocycles. The highest BCUT2D eigenvalue weighted by molar-refractivity contribution is 7.99. The van der Waals surface area contributed by atoms with Crippen molar-refractivity contribution >= 4 is 29.3 Å². The average Bonchev–Trinajstić information content (AvgIpc) is 3.31. The Balaban J connectivity index is 1.62. The van der Waals surface area contributed by atoms with Gasteiger partial charge < -0.3 is 14.6 Å². The lowest BCUT2D eigenvalue weighted by Gasteiger charge is -2.17. The second kappa shape index (κ2) is 9.65. The summed E-state index contributed by atoms with van der Waals surface area (Å²) in [7, 11) is 0. The van der Waals surface area contributed by atoms with Crippen LogP contribution < -0.4 is 10.1 Å². The molecule has 1 amide bonds. The van der Waals surface area contributed by atoms with Gasteiger partial charge in [-0.2, -0.15) is 0 Å². The molecule has 1 aliphatic carbocycles. The minimum atomic E-state index is -0.269. The molecule has 0 saturated heterocycles. The molecule has 1 heterocycles. The third-order valence-corrected chi connectivity index (χ3v) is 6.12. The summed E-state index contributed by atoms with van der Waals surface area (Å²) in [5, 5.41) is 13.1. The summed E-state index contributed by atoms with van der Waals surface area (Å²) in [6.07, 6.45) is 4.32. The second-order valence-corrected chi connectivity index (χ2v) is 8.47. The van der Waals surface area contributed by atoms with Gasteiger partial charge in [-0.05, 0) is 57.4 Å². The molecule has 0 spiro atoms. The molecule has 1 aromatic heterocycles. The Morgan fingerprint density at radius 2 is 2.14 bits per heavy atom. The molecule has 1 aliphatic rings. The van der Waals surface area contributed by atoms with E-state index in [0.29, 0.717) is 23.4 Å². The van der Waals surface area contributed by atoms with Gasteiger partial charge in [0, 0.05) is 17.6 Å². The van der Waals surface area contributed by atoms with Gasteiger partial charge >= 0.3 is 0 Å². The topological polar surface area (TPSA) is 69.0 Å². The Kier molecular flexibility index (Phi) is 7.24. The van der Waals surface area contributed by atoms with E-state index in [9.17, 15) is 4.79 Å². The minimum absolute atomic E-state index is 0.0604. The molecule has 152 valence electrons. The van der Waals surface area contributed by atoms with Crippen LogP contribution in [-0.4, -0.2) is 32.5 Å². The van der Waals surface area contributed by atoms with Gasteiger partial charge in [0.05, 0.1) is 5.75 Å². The smallest absolute Gasteiger partial charge is 0.230 e. The molecule has 28 heavy (non-hydrogen) atoms. The Morgan fingerprint density at radius 3 is 2.82 bits per heavy atom. The van der Waals surface area contributed by atoms with Gasteiger partial charge in [-0.25, -0.2) is 0 Å². The molecule has 3 rings (SSSR count). The van der Waals surface area contributed by atoms with Crippen molar-refractivity contribution in [3.05, 3.63) is 34.6 Å². The van der Waals surface area contributed by atoms with Crippen LogP contribution in [0, 0.1) is 6.92 Å². The predicted molar refractivity (Wildman–Crippen MR) is 112 cm³/mol. The number of ether oxygens (including phenoxy) is 1. The van der Waals surface area contributed by atoms with Crippen LogP contribution in [0.3, 0.4) is 0 Å². The zero-order valence-corrected chi connectivity index (χ0v) is 18.1. The Bertz CT molecular complexity index is 821. The second-order valence-electron chi connectivity index (χ2n) is 7.09. The van der Waals surface area contributed by atoms with E-state index in [1.165, 1.54) is 24.6 Å². The predicted octanol–water partition coefficient (Wildman–Crippen LogP) is 4.55. The maximum Gasteiger partial charge on any atom is 0.230 e. The number of carbonyl (C=O) groups excluding carboxylic acids is 1. The fourth-order valence-electron chi connectivity index (χ4n) is 3.46. The molecule has 6 nitrogen and oxygen atoms in total. The number of aryl methyl sites for hydroxylation is 1. The summed E-state index contributed by atoms with van der Waals surface area (Å²) in [4.78, 5) is 12.2. The van der Waals surface area contributed by atoms with Crippen molar-refractivity contribution < 1.29 is 9.53 Å². The van der Waals surface area contributed by atoms with Crippen molar-refractivity contribution in [3.63, 3.8) is 0 Å². The maximum absolute atomic E-state index is 12.2. The third-order valence-electron chi connectivity index (χ3n) is 4.92. The van der Waals surface area contributed by atoms with Gasteiger partial charge in [-0.1, -0.05) is 36.2 Å². The standard InChI is InChI=1S/C20H27ClN4O2S/c1-4-25-19(14(3)27-17-10-9-15(21)11-13(17)2)23-24-20(25)28-12-18(26)22-16-7-5-6-8-16/h9-11,14,16H,4-8,12H2,1-3H3,(H,22,26). The molecule has 1 N–H and O–H groups in total. The Morgan fingerprint density at radius 1 is 1.39 bits per heavy atom. The molecule has 2 aromatic rings. The third kappa shape index (κ3) is 5.20. The normalized spacial score (nSPS) is 15.6. The number of nitrogens with zero attached hydrogens (tertiary/aromatic N) is 3. The van der Waals surface area contributed by atoms with E-state index < -0.39 is 0 Å². The highest BCUT2D eigenvalue weighted by Gasteiger charge is 2.21. The molecule has 0 aliphatic heterocycles. The first-order valence-corrected chi connectivity index (χ1v) is 11.1. The van der Waals surface area contributed by atoms with Gasteiger partial charge in [0.25, 0.3) is 0 Å². The summed E-state index contributed by atoms with van der Waals surface area (Å²) < 4.78 is 8.09. The van der Waals surface area contributed by atoms with E-state index in [0.717, 1.165) is 35.1 Å². The zero-order chi connectivity index (χ0) is 20.1. The van der Waals surface area contributed by atoms with E-state index in [-0.39, 0.29) is 12.0 Å². The van der Waals surface area contributed by atoms with Crippen LogP contribution >= 0.6 is 23.4 Å². The van der Waals surface area contributed by atoms with Crippen LogP contribution in [0.5, 0.6) is 5.75 Å². The summed E-state index contributed by atoms with van der Waals surface area (Å²) in [6.45, 7) is 6.66. The van der Waals surface area contributed by atoms with Crippen LogP contribution in [-0.2, 0) is 11.3 Å². The maximum atomic E-state index is 12.2. The Hall–Kier alpha value is -1.73. The number of rotatable bonds is 8. The number of hydrogen-bond donors (Lipinski definition) is 1. The van der Waals surface area contributed by atoms with E-state index in [1.54, 1.807) is 0 Å². The fraction of sp³-hybridized carbons (Fsp3) is 0.550. The molecule has 1 fully saturated rings. The van der Waals surface area contributed by atoms with Crippen LogP contribution in [0.4, 0.5) is 0 Å². The first-order chi connectivity index (χ1) is 13.5. The number of halogens is 1. The van der Waals surface area contributed by atoms with Gasteiger partial charge in [0.1, 0.15) is 5.75 Å². The van der Waals surface area contributed by atoms with Crippen molar-refractivity contribution in [2.24, 2.45) is 0 Å². The van der Waals surface area contributed by atoms with Gasteiger partial charge in [-0.3, -0.25) is 4.79 Å². The monoisotopic (exact) mass is 422 g/mol. The lowest BCUT2D eigenvalue weighted by atomic mass is 10.2. The molecule has 1 aromatic carbocycles. The highest BCUT2D eigenvalue weighted by atomic mass is 35.5. The molecule has 1 atom stereocenters. The van der Waals surface area contributed by atoms with Crippen molar-refractivity contribution in [1.29, 1.82) is 0 Å². The lowest BCUT2D eigenvalue weighted by molar-refractivity contribution is -0.119. The van der Waals surface area contributed by atoms with Crippen LogP contribution in [0.25, 0.3) is 0 Å². The van der Waals surface area contributed by atoms with E-state index >= 15 is 0 Å². The summed E-state index contributed by atoms with van der Waals surface area (Å²) >= 11 is 7.43. The van der Waals surface area contributed by atoms with Crippen LogP contribution in [0.15, 0.2) is 23.4 Å². The molecule has 0 bridgehead atoms. The van der Waals surface area contributed by atoms with E-state index in [2.05, 4.69) is 15.5 Å². The number of amides is 1. The van der Waals surface area contributed by atoms with Crippen molar-refractivity contribution in [1.82, 2.24) is 20.1 Å². The summed E-state index contributed by atoms with van der Waals surface area (Å²) in [6, 6.07) is 5.89. The summed E-state index contributed by atoms with van der Waals surface area (Å²) in [5.41, 5.74) is 0.972. The average molecular weight is 423 g/mol. The molecule has 8 heteroatoms. The van der Waals surface area contributed by atoms with Crippen molar-refractivity contribution in [3.8, 4) is 5.75 Å². The number of carbonyl (C=O) groups is 1. The van der Waals surface area contributed by atoms with Gasteiger partial charge in [0.2, 0.25) is 5.91 Å². The van der Waals surface area contributed by atoms with Crippen LogP contribution in [0.2, 0.25) is 5.02 Å². The number of hydrogen-bond acceptors (Lipinski definition) is 5. The Labute approximate surface area is 175 Å².